The Bertz CT molecular complexity index is 3260. The molecule has 698 valence electrons. The molecule has 11 aliphatic rings. The Morgan fingerprint density at radius 1 is 0.583 bits per heavy atom. The van der Waals surface area contributed by atoms with E-state index >= 15 is 0 Å². The molecular weight excluding hydrogens is 1560 g/mol. The number of aliphatic carboxylic acids is 3. The van der Waals surface area contributed by atoms with Crippen molar-refractivity contribution in [2.24, 2.45) is 11.1 Å². The van der Waals surface area contributed by atoms with Crippen molar-refractivity contribution in [3.8, 4) is 0 Å². The number of sulfone groups is 1. The van der Waals surface area contributed by atoms with Crippen LogP contribution in [0.5, 0.6) is 0 Å². The fraction of sp³-hybridized carbons (Fsp3) is 0.805. The van der Waals surface area contributed by atoms with Gasteiger partial charge >= 0.3 is 17.9 Å². The average molecular weight is 1730 g/mol. The van der Waals surface area contributed by atoms with Crippen molar-refractivity contribution in [2.75, 3.05) is 119 Å². The minimum atomic E-state index is -3.15. The number of tetrazole rings is 2. The highest BCUT2D eigenvalue weighted by Gasteiger charge is 2.42. The number of nitrogens with one attached hydrogen (secondary N) is 13. The third-order valence-corrected chi connectivity index (χ3v) is 21.2. The number of Topliss-reactive ketones (excluding diaryl/α,β-unsaturated/α-hetero) is 2. The fourth-order valence-corrected chi connectivity index (χ4v) is 14.8. The van der Waals surface area contributed by atoms with Crippen LogP contribution >= 0.6 is 0 Å². The second kappa shape index (κ2) is 63.8. The van der Waals surface area contributed by atoms with Gasteiger partial charge in [0.25, 0.3) is 0 Å². The number of hydrogen-bond acceptors (Lipinski definition) is 29. The Morgan fingerprint density at radius 3 is 1.40 bits per heavy atom. The van der Waals surface area contributed by atoms with Crippen molar-refractivity contribution >= 4 is 57.0 Å². The summed E-state index contributed by atoms with van der Waals surface area (Å²) in [7, 11) is 6.57. The lowest BCUT2D eigenvalue weighted by Gasteiger charge is -2.32. The van der Waals surface area contributed by atoms with Gasteiger partial charge in [0.05, 0.1) is 48.5 Å². The monoisotopic (exact) mass is 1730 g/mol. The number of β-amino-alcohol motifs (C(OH)–C–C–N with tert-alkyl or cyclic N) is 1. The molecule has 11 fully saturated rings. The zero-order valence-corrected chi connectivity index (χ0v) is 69.6. The van der Waals surface area contributed by atoms with E-state index in [4.69, 9.17) is 26.2 Å². The molecule has 0 radical (unpaired) electrons. The van der Waals surface area contributed by atoms with Crippen LogP contribution in [0.2, 0.25) is 0 Å². The highest BCUT2D eigenvalue weighted by Crippen LogP contribution is 2.28. The topological polar surface area (TPSA) is 529 Å². The van der Waals surface area contributed by atoms with E-state index in [-0.39, 0.29) is 129 Å². The number of benzene rings is 1. The Labute approximate surface area is 719 Å². The van der Waals surface area contributed by atoms with Crippen molar-refractivity contribution in [1.29, 1.82) is 0 Å². The fourth-order valence-electron chi connectivity index (χ4n) is 14.1. The summed E-state index contributed by atoms with van der Waals surface area (Å²) < 4.78 is 21.5. The SMILES string of the molecule is C.C.C.C.C.C.C.C1CN[C@H](Cc2nn[nH]n2)C1.C1CN[C@H](c2nn[nH]n2)C1.CCC(=O)[C@@H]1CCCN1.CN(C)C(=O)[C@@H]1CCCN1.CN(C)C[C@@H]1CCCN1.CN1C(=O)[C@H](Cc2ccccc2)N[C@@H]1C(C)(C)C.CS(=O)(=O)CC(=O)[C@@H]1CCCN1.C[C@@]1(C(=O)O)CCCN1.NC(=O)[C@@H]1CCCN1.O=C(O)[C@@H]1CC(O)CN1.O=C(O)[C@@H]1CCCN1. The number of primary amides is 1. The van der Waals surface area contributed by atoms with Crippen LogP contribution in [-0.2, 0) is 61.0 Å². The van der Waals surface area contributed by atoms with Crippen molar-refractivity contribution in [1.82, 2.24) is 114 Å². The first-order valence-electron chi connectivity index (χ1n) is 40.2. The molecule has 1 aromatic carbocycles. The standard InChI is InChI=1S/C15H22N2O.C7H14N2O.C7H16N2.C7H13NO3S.C7H13NO.C6H11N5.C6H11NO2.C5H9N5.C5H10N2O.C5H9NO3.C5H9NO2.7CH4/c1-15(2,3)14-16-12(13(18)17(14)4)10-11-8-6-5-7-9-11;1-9(2)7(10)6-4-3-5-8-6;1-9(2)6-7-4-3-5-8-7;1-12(10,11)5-7(9)6-3-2-4-8-6;1-2-7(9)6-4-3-5-8-6;1-2-5(7-3-1)4-6-8-10-11-9-6;1-6(5(8)9)3-2-4-7-6;1-2-4(6-3-1)5-7-9-10-8-5;6-5(8)4-2-1-3-7-4;7-3-1-4(5(8)9)6-2-3;7-5(8)4-2-1-3-6-4;;;;;;;/h5-9,12,14,16H,10H2,1-4H3;6,8H,3-5H2,1-2H3;7-8H,3-6H2,1-2H3;6,8H,2-5H2,1H3;6,8H,2-5H2,1H3;5,7H,1-4H2,(H,8,9,10,11);7H,2-4H2,1H3,(H,8,9);4,6H,1-3H2,(H,7,8,9,10);4,7H,1-3H2,(H2,6,8);3-4,6-7H,1-2H2,(H,8,9);4,6H,1-3H2,(H,7,8);7*1H4/t12-,14-;6-;7-;2*6-;5-;6-;2*4-;3?,4-;4-;;;;;;;/m00000000000......./s1. The van der Waals surface area contributed by atoms with Gasteiger partial charge in [-0.3, -0.25) is 43.7 Å². The van der Waals surface area contributed by atoms with Gasteiger partial charge < -0.3 is 94.0 Å². The van der Waals surface area contributed by atoms with E-state index in [1.165, 1.54) is 50.8 Å². The number of carbonyl (C=O) groups excluding carboxylic acids is 5. The maximum atomic E-state index is 12.2. The summed E-state index contributed by atoms with van der Waals surface area (Å²) in [6, 6.07) is 10.9. The lowest BCUT2D eigenvalue weighted by atomic mass is 9.92. The van der Waals surface area contributed by atoms with Gasteiger partial charge in [-0.15, -0.1) is 20.4 Å². The molecule has 13 heterocycles. The molecule has 0 saturated carbocycles. The van der Waals surface area contributed by atoms with E-state index in [2.05, 4.69) is 152 Å². The van der Waals surface area contributed by atoms with Crippen LogP contribution in [0, 0.1) is 5.41 Å². The summed E-state index contributed by atoms with van der Waals surface area (Å²) in [4.78, 5) is 92.5. The van der Waals surface area contributed by atoms with Gasteiger partial charge in [-0.1, -0.05) is 120 Å². The van der Waals surface area contributed by atoms with E-state index in [0.29, 0.717) is 37.3 Å². The van der Waals surface area contributed by atoms with Gasteiger partial charge in [-0.2, -0.15) is 10.4 Å². The van der Waals surface area contributed by atoms with Crippen molar-refractivity contribution in [3.63, 3.8) is 0 Å². The largest absolute Gasteiger partial charge is 0.480 e. The number of amides is 3. The predicted molar refractivity (Wildman–Crippen MR) is 477 cm³/mol. The highest BCUT2D eigenvalue weighted by molar-refractivity contribution is 7.91. The maximum absolute atomic E-state index is 12.2. The van der Waals surface area contributed by atoms with Crippen LogP contribution in [0.25, 0.3) is 0 Å². The maximum Gasteiger partial charge on any atom is 0.323 e. The molecule has 1 unspecified atom stereocenters. The average Bonchev–Trinajstić information content (AvgIpc) is 1.65. The molecule has 11 saturated heterocycles. The van der Waals surface area contributed by atoms with Crippen molar-refractivity contribution in [2.45, 2.75) is 306 Å². The van der Waals surface area contributed by atoms with Crippen LogP contribution in [0.1, 0.15) is 238 Å². The number of likely N-dealkylation sites (N-methyl/N-ethyl adjacent to an activating group) is 3. The first kappa shape index (κ1) is 119. The van der Waals surface area contributed by atoms with Crippen LogP contribution < -0.4 is 64.2 Å². The number of aliphatic hydroxyl groups excluding tert-OH is 1. The third kappa shape index (κ3) is 47.6. The minimum absolute atomic E-state index is 0. The third-order valence-electron chi connectivity index (χ3n) is 20.4. The molecule has 0 aliphatic carbocycles. The summed E-state index contributed by atoms with van der Waals surface area (Å²) in [5.74, 6) is -0.720. The number of nitrogens with zero attached hydrogens (tertiary/aromatic N) is 9. The van der Waals surface area contributed by atoms with Gasteiger partial charge in [0, 0.05) is 71.8 Å². The number of rotatable bonds is 17. The molecule has 11 aliphatic heterocycles. The number of carbonyl (C=O) groups is 8. The summed E-state index contributed by atoms with van der Waals surface area (Å²) in [5, 5.41) is 95.8. The molecule has 3 aromatic rings. The van der Waals surface area contributed by atoms with E-state index in [9.17, 15) is 46.8 Å². The zero-order valence-electron chi connectivity index (χ0n) is 68.7. The quantitative estimate of drug-likeness (QED) is 0.0912. The van der Waals surface area contributed by atoms with Crippen LogP contribution in [0.3, 0.4) is 0 Å². The smallest absolute Gasteiger partial charge is 0.323 e. The molecule has 0 bridgehead atoms. The summed E-state index contributed by atoms with van der Waals surface area (Å²) in [6.07, 6.45) is 22.5. The van der Waals surface area contributed by atoms with Crippen LogP contribution in [0.4, 0.5) is 0 Å². The lowest BCUT2D eigenvalue weighted by molar-refractivity contribution is -0.143. The Hall–Kier alpha value is -7.05. The number of carboxylic acid groups (broad SMARTS) is 3. The molecule has 38 heteroatoms. The van der Waals surface area contributed by atoms with Crippen molar-refractivity contribution < 1.29 is 67.2 Å². The summed E-state index contributed by atoms with van der Waals surface area (Å²) in [5.41, 5.74) is 5.61. The van der Waals surface area contributed by atoms with E-state index in [0.717, 1.165) is 173 Å². The predicted octanol–water partition coefficient (Wildman–Crippen LogP) is 3.85. The summed E-state index contributed by atoms with van der Waals surface area (Å²) in [6.45, 7) is 20.6. The molecule has 19 N–H and O–H groups in total. The molecule has 2 aromatic heterocycles. The number of aromatic amines is 2. The van der Waals surface area contributed by atoms with E-state index in [1.807, 2.05) is 37.1 Å². The molecular formula is C82H165N23O14S. The Morgan fingerprint density at radius 2 is 1.06 bits per heavy atom. The second-order valence-electron chi connectivity index (χ2n) is 31.9. The van der Waals surface area contributed by atoms with Crippen LogP contribution in [-0.4, -0.2) is 323 Å². The number of hydrogen-bond donors (Lipinski definition) is 18. The zero-order chi connectivity index (χ0) is 83.5. The Kier molecular flexibility index (Phi) is 63.4. The first-order chi connectivity index (χ1) is 53.6. The number of aliphatic hydroxyl groups is 1. The molecule has 3 amide bonds. The number of aromatic nitrogens is 8. The van der Waals surface area contributed by atoms with Crippen LogP contribution in [0.15, 0.2) is 30.3 Å². The van der Waals surface area contributed by atoms with Gasteiger partial charge in [0.1, 0.15) is 29.2 Å². The van der Waals surface area contributed by atoms with Gasteiger partial charge in [-0.25, -0.2) is 8.42 Å². The number of carboxylic acids is 3. The number of H-pyrrole nitrogens is 2. The Balaban J connectivity index is -0.000000618. The number of ketones is 2. The molecule has 14 rings (SSSR count). The molecule has 13 atom stereocenters. The number of nitrogens with two attached hydrogens (primary N) is 1. The first-order valence-corrected chi connectivity index (χ1v) is 42.3. The molecule has 0 spiro atoms. The normalized spacial score (nSPS) is 25.6. The van der Waals surface area contributed by atoms with E-state index in [1.54, 1.807) is 25.9 Å². The van der Waals surface area contributed by atoms with Gasteiger partial charge in [0.15, 0.2) is 27.3 Å². The second-order valence-corrected chi connectivity index (χ2v) is 34.0. The van der Waals surface area contributed by atoms with Crippen molar-refractivity contribution in [3.05, 3.63) is 47.5 Å². The summed E-state index contributed by atoms with van der Waals surface area (Å²) >= 11 is 0. The van der Waals surface area contributed by atoms with Gasteiger partial charge in [0.2, 0.25) is 17.7 Å². The van der Waals surface area contributed by atoms with E-state index < -0.39 is 45.4 Å². The highest BCUT2D eigenvalue weighted by atomic mass is 32.2. The lowest BCUT2D eigenvalue weighted by Crippen LogP contribution is -2.45. The molecule has 120 heavy (non-hydrogen) atoms. The minimum Gasteiger partial charge on any atom is -0.480 e. The van der Waals surface area contributed by atoms with Gasteiger partial charge in [-0.05, 0) is 213 Å². The molecule has 37 nitrogen and oxygen atoms in total.